The van der Waals surface area contributed by atoms with Crippen LogP contribution in [0.4, 0.5) is 5.69 Å². The fourth-order valence-electron chi connectivity index (χ4n) is 2.94. The molecule has 1 N–H and O–H groups in total. The standard InChI is InChI=1S/C23H24N2O5/c1-16(2)24-14-20(30-23(26)18-10-12-19(13-11-18)25(27)28)15-29-22-9-5-7-17-6-3-4-8-21(17)22/h3-13,16,20,24H,14-15H2,1-2H3. The van der Waals surface area contributed by atoms with E-state index in [0.29, 0.717) is 12.3 Å². The molecule has 0 fully saturated rings. The lowest BCUT2D eigenvalue weighted by atomic mass is 10.1. The summed E-state index contributed by atoms with van der Waals surface area (Å²) in [4.78, 5) is 22.8. The fraction of sp³-hybridized carbons (Fsp3) is 0.261. The molecule has 0 aliphatic rings. The average molecular weight is 408 g/mol. The van der Waals surface area contributed by atoms with Crippen molar-refractivity contribution in [3.63, 3.8) is 0 Å². The van der Waals surface area contributed by atoms with Gasteiger partial charge in [-0.1, -0.05) is 50.2 Å². The summed E-state index contributed by atoms with van der Waals surface area (Å²) in [6.07, 6.45) is -0.533. The third-order valence-electron chi connectivity index (χ3n) is 4.52. The maximum Gasteiger partial charge on any atom is 0.338 e. The van der Waals surface area contributed by atoms with Crippen molar-refractivity contribution < 1.29 is 19.2 Å². The number of esters is 1. The Morgan fingerprint density at radius 3 is 2.43 bits per heavy atom. The second-order valence-electron chi connectivity index (χ2n) is 7.18. The number of hydrogen-bond acceptors (Lipinski definition) is 6. The third kappa shape index (κ3) is 5.55. The summed E-state index contributed by atoms with van der Waals surface area (Å²) < 4.78 is 11.6. The van der Waals surface area contributed by atoms with E-state index in [9.17, 15) is 14.9 Å². The van der Waals surface area contributed by atoms with Gasteiger partial charge in [-0.05, 0) is 23.6 Å². The lowest BCUT2D eigenvalue weighted by molar-refractivity contribution is -0.384. The maximum atomic E-state index is 12.5. The molecule has 3 rings (SSSR count). The first-order valence-corrected chi connectivity index (χ1v) is 9.73. The number of nitrogens with one attached hydrogen (secondary N) is 1. The molecule has 0 radical (unpaired) electrons. The highest BCUT2D eigenvalue weighted by Crippen LogP contribution is 2.25. The molecule has 1 atom stereocenters. The van der Waals surface area contributed by atoms with Crippen molar-refractivity contribution in [3.8, 4) is 5.75 Å². The quantitative estimate of drug-likeness (QED) is 0.322. The molecule has 3 aromatic carbocycles. The highest BCUT2D eigenvalue weighted by molar-refractivity contribution is 5.90. The zero-order valence-electron chi connectivity index (χ0n) is 16.9. The molecule has 7 heteroatoms. The van der Waals surface area contributed by atoms with E-state index in [4.69, 9.17) is 9.47 Å². The molecule has 0 bridgehead atoms. The van der Waals surface area contributed by atoms with E-state index in [1.54, 1.807) is 0 Å². The molecule has 3 aromatic rings. The largest absolute Gasteiger partial charge is 0.489 e. The molecule has 30 heavy (non-hydrogen) atoms. The molecule has 0 aliphatic heterocycles. The predicted octanol–water partition coefficient (Wildman–Crippen LogP) is 4.35. The van der Waals surface area contributed by atoms with Crippen LogP contribution in [-0.2, 0) is 4.74 Å². The third-order valence-corrected chi connectivity index (χ3v) is 4.52. The minimum Gasteiger partial charge on any atom is -0.489 e. The molecule has 0 heterocycles. The first-order valence-electron chi connectivity index (χ1n) is 9.73. The Balaban J connectivity index is 1.70. The molecule has 7 nitrogen and oxygen atoms in total. The van der Waals surface area contributed by atoms with Gasteiger partial charge in [-0.25, -0.2) is 4.79 Å². The number of ether oxygens (including phenoxy) is 2. The van der Waals surface area contributed by atoms with E-state index in [1.807, 2.05) is 56.3 Å². The number of nitrogens with zero attached hydrogens (tertiary/aromatic N) is 1. The number of benzene rings is 3. The molecule has 0 spiro atoms. The summed E-state index contributed by atoms with van der Waals surface area (Å²) in [5.74, 6) is 0.163. The van der Waals surface area contributed by atoms with Crippen LogP contribution in [0.15, 0.2) is 66.7 Å². The zero-order valence-corrected chi connectivity index (χ0v) is 16.9. The lowest BCUT2D eigenvalue weighted by Gasteiger charge is -2.21. The van der Waals surface area contributed by atoms with Crippen molar-refractivity contribution >= 4 is 22.4 Å². The van der Waals surface area contributed by atoms with Gasteiger partial charge in [-0.15, -0.1) is 0 Å². The lowest BCUT2D eigenvalue weighted by Crippen LogP contribution is -2.38. The number of hydrogen-bond donors (Lipinski definition) is 1. The van der Waals surface area contributed by atoms with Gasteiger partial charge in [0, 0.05) is 30.1 Å². The Bertz CT molecular complexity index is 1010. The predicted molar refractivity (Wildman–Crippen MR) is 115 cm³/mol. The molecule has 0 aliphatic carbocycles. The second kappa shape index (κ2) is 9.84. The van der Waals surface area contributed by atoms with E-state index in [-0.39, 0.29) is 23.9 Å². The number of nitro groups is 1. The van der Waals surface area contributed by atoms with Crippen molar-refractivity contribution in [3.05, 3.63) is 82.4 Å². The van der Waals surface area contributed by atoms with Crippen LogP contribution in [0, 0.1) is 10.1 Å². The first-order chi connectivity index (χ1) is 14.4. The summed E-state index contributed by atoms with van der Waals surface area (Å²) in [6.45, 7) is 4.59. The van der Waals surface area contributed by atoms with Gasteiger partial charge >= 0.3 is 5.97 Å². The van der Waals surface area contributed by atoms with E-state index in [0.717, 1.165) is 10.8 Å². The first kappa shape index (κ1) is 21.3. The van der Waals surface area contributed by atoms with Crippen LogP contribution >= 0.6 is 0 Å². The molecule has 0 saturated heterocycles. The fourth-order valence-corrected chi connectivity index (χ4v) is 2.94. The van der Waals surface area contributed by atoms with Gasteiger partial charge in [-0.3, -0.25) is 10.1 Å². The number of nitro benzene ring substituents is 1. The van der Waals surface area contributed by atoms with Crippen LogP contribution in [0.3, 0.4) is 0 Å². The van der Waals surface area contributed by atoms with Gasteiger partial charge in [0.25, 0.3) is 5.69 Å². The number of rotatable bonds is 9. The van der Waals surface area contributed by atoms with E-state index >= 15 is 0 Å². The Kier molecular flexibility index (Phi) is 6.98. The molecule has 0 amide bonds. The summed E-state index contributed by atoms with van der Waals surface area (Å²) in [5.41, 5.74) is 0.171. The van der Waals surface area contributed by atoms with Crippen molar-refractivity contribution in [2.75, 3.05) is 13.2 Å². The van der Waals surface area contributed by atoms with Gasteiger partial charge < -0.3 is 14.8 Å². The monoisotopic (exact) mass is 408 g/mol. The summed E-state index contributed by atoms with van der Waals surface area (Å²) >= 11 is 0. The highest BCUT2D eigenvalue weighted by Gasteiger charge is 2.19. The van der Waals surface area contributed by atoms with Gasteiger partial charge in [0.15, 0.2) is 0 Å². The molecule has 0 aromatic heterocycles. The number of non-ortho nitro benzene ring substituents is 1. The number of carbonyl (C=O) groups excluding carboxylic acids is 1. The molecular formula is C23H24N2O5. The van der Waals surface area contributed by atoms with Gasteiger partial charge in [0.1, 0.15) is 18.5 Å². The Hall–Kier alpha value is -3.45. The van der Waals surface area contributed by atoms with Crippen LogP contribution in [0.5, 0.6) is 5.75 Å². The summed E-state index contributed by atoms with van der Waals surface area (Å²) in [5, 5.41) is 16.1. The topological polar surface area (TPSA) is 90.7 Å². The van der Waals surface area contributed by atoms with Gasteiger partial charge in [0.05, 0.1) is 10.5 Å². The van der Waals surface area contributed by atoms with Crippen LogP contribution in [0.1, 0.15) is 24.2 Å². The summed E-state index contributed by atoms with van der Waals surface area (Å²) in [7, 11) is 0. The maximum absolute atomic E-state index is 12.5. The highest BCUT2D eigenvalue weighted by atomic mass is 16.6. The van der Waals surface area contributed by atoms with Gasteiger partial charge in [0.2, 0.25) is 0 Å². The number of fused-ring (bicyclic) bond motifs is 1. The van der Waals surface area contributed by atoms with Crippen molar-refractivity contribution in [1.82, 2.24) is 5.32 Å². The zero-order chi connectivity index (χ0) is 21.5. The van der Waals surface area contributed by atoms with E-state index in [1.165, 1.54) is 24.3 Å². The smallest absolute Gasteiger partial charge is 0.338 e. The normalized spacial score (nSPS) is 12.0. The summed E-state index contributed by atoms with van der Waals surface area (Å²) in [6, 6.07) is 19.3. The van der Waals surface area contributed by atoms with E-state index < -0.39 is 17.0 Å². The van der Waals surface area contributed by atoms with E-state index in [2.05, 4.69) is 5.32 Å². The second-order valence-corrected chi connectivity index (χ2v) is 7.18. The van der Waals surface area contributed by atoms with Crippen LogP contribution in [0.25, 0.3) is 10.8 Å². The van der Waals surface area contributed by atoms with Crippen LogP contribution in [-0.4, -0.2) is 36.2 Å². The minimum atomic E-state index is -0.554. The van der Waals surface area contributed by atoms with Crippen molar-refractivity contribution in [2.45, 2.75) is 26.0 Å². The van der Waals surface area contributed by atoms with Crippen LogP contribution in [0.2, 0.25) is 0 Å². The Labute approximate surface area is 174 Å². The molecule has 156 valence electrons. The number of carbonyl (C=O) groups is 1. The van der Waals surface area contributed by atoms with Crippen LogP contribution < -0.4 is 10.1 Å². The molecule has 0 saturated carbocycles. The Morgan fingerprint density at radius 2 is 1.73 bits per heavy atom. The molecular weight excluding hydrogens is 384 g/mol. The van der Waals surface area contributed by atoms with Crippen molar-refractivity contribution in [1.29, 1.82) is 0 Å². The van der Waals surface area contributed by atoms with Gasteiger partial charge in [-0.2, -0.15) is 0 Å². The average Bonchev–Trinajstić information content (AvgIpc) is 2.75. The minimum absolute atomic E-state index is 0.0798. The molecule has 1 unspecified atom stereocenters. The van der Waals surface area contributed by atoms with Crippen molar-refractivity contribution in [2.24, 2.45) is 0 Å². The Morgan fingerprint density at radius 1 is 1.03 bits per heavy atom. The SMILES string of the molecule is CC(C)NCC(COc1cccc2ccccc12)OC(=O)c1ccc([N+](=O)[O-])cc1.